The van der Waals surface area contributed by atoms with E-state index in [1.807, 2.05) is 73.3 Å². The number of nitrogens with zero attached hydrogens (tertiary/aromatic N) is 2. The average Bonchev–Trinajstić information content (AvgIpc) is 4.02. The van der Waals surface area contributed by atoms with Crippen LogP contribution in [0, 0.1) is 11.7 Å². The number of amides is 3. The largest absolute Gasteiger partial charge is 0.369 e. The fraction of sp³-hybridized carbons (Fsp3) is 0.417. The number of rotatable bonds is 8. The van der Waals surface area contributed by atoms with Gasteiger partial charge in [-0.2, -0.15) is 0 Å². The summed E-state index contributed by atoms with van der Waals surface area (Å²) in [5.41, 5.74) is 5.51. The molecule has 2 saturated carbocycles. The third-order valence-electron chi connectivity index (χ3n) is 7.55. The van der Waals surface area contributed by atoms with Crippen molar-refractivity contribution in [3.05, 3.63) is 100 Å². The number of hydrazine groups is 1. The highest BCUT2D eigenvalue weighted by Crippen LogP contribution is 2.42. The summed E-state index contributed by atoms with van der Waals surface area (Å²) >= 11 is 11.6. The van der Waals surface area contributed by atoms with E-state index in [1.165, 1.54) is 19.9 Å². The highest BCUT2D eigenvalue weighted by molar-refractivity contribution is 7.87. The predicted molar refractivity (Wildman–Crippen MR) is 194 cm³/mol. The molecule has 266 valence electrons. The first-order valence-corrected chi connectivity index (χ1v) is 18.3. The normalized spacial score (nSPS) is 17.7. The van der Waals surface area contributed by atoms with E-state index in [1.54, 1.807) is 22.5 Å². The van der Waals surface area contributed by atoms with Crippen molar-refractivity contribution in [3.8, 4) is 0 Å². The molecule has 6 rings (SSSR count). The number of benzene rings is 3. The standard InChI is InChI=1S/C24H26ClFN2O3S.C6H5Cl.C4H8N2O2.C2H6/c25-18-9-7-17(8-10-18)23-14-31-15-24(29)28(23)22(16-5-6-16)13-27(32(30)19-11-12-19)21-4-2-1-3-20(21)26;7-6-4-2-1-3-5-6;1-3(7)5-6-4(2)8;1-2/h1-4,7-10,16,19,22-23H,5-6,11-15H2;1-5H;1-2H3,(H,5,7)(H,6,8);1-2H3. The molecule has 9 nitrogen and oxygen atoms in total. The van der Waals surface area contributed by atoms with Gasteiger partial charge in [-0.25, -0.2) is 8.60 Å². The Hall–Kier alpha value is -3.51. The highest BCUT2D eigenvalue weighted by Gasteiger charge is 2.45. The van der Waals surface area contributed by atoms with Gasteiger partial charge in [0.15, 0.2) is 0 Å². The molecule has 1 heterocycles. The van der Waals surface area contributed by atoms with E-state index in [-0.39, 0.29) is 41.7 Å². The van der Waals surface area contributed by atoms with Crippen LogP contribution in [0.2, 0.25) is 10.0 Å². The quantitative estimate of drug-likeness (QED) is 0.242. The molecule has 1 saturated heterocycles. The molecule has 3 amide bonds. The van der Waals surface area contributed by atoms with Crippen LogP contribution in [0.15, 0.2) is 78.9 Å². The molecule has 2 N–H and O–H groups in total. The predicted octanol–water partition coefficient (Wildman–Crippen LogP) is 7.03. The molecule has 3 fully saturated rings. The van der Waals surface area contributed by atoms with Gasteiger partial charge >= 0.3 is 0 Å². The Bertz CT molecular complexity index is 1510. The summed E-state index contributed by atoms with van der Waals surface area (Å²) in [5, 5.41) is 1.48. The van der Waals surface area contributed by atoms with Crippen molar-refractivity contribution in [2.45, 2.75) is 70.7 Å². The molecule has 3 atom stereocenters. The fourth-order valence-corrected chi connectivity index (χ4v) is 6.83. The molecule has 0 radical (unpaired) electrons. The van der Waals surface area contributed by atoms with Gasteiger partial charge in [-0.05, 0) is 73.6 Å². The summed E-state index contributed by atoms with van der Waals surface area (Å²) in [6.45, 7) is 7.39. The molecule has 0 bridgehead atoms. The minimum Gasteiger partial charge on any atom is -0.369 e. The van der Waals surface area contributed by atoms with Crippen molar-refractivity contribution >= 4 is 57.6 Å². The number of halogens is 3. The lowest BCUT2D eigenvalue weighted by atomic mass is 10.00. The number of ether oxygens (including phenoxy) is 1. The molecule has 13 heteroatoms. The van der Waals surface area contributed by atoms with E-state index in [4.69, 9.17) is 27.9 Å². The molecular formula is C36H45Cl2FN4O5S. The monoisotopic (exact) mass is 734 g/mol. The van der Waals surface area contributed by atoms with Crippen LogP contribution >= 0.6 is 23.2 Å². The first-order valence-electron chi connectivity index (χ1n) is 16.4. The van der Waals surface area contributed by atoms with Gasteiger partial charge in [0, 0.05) is 23.9 Å². The number of nitrogens with one attached hydrogen (secondary N) is 2. The second-order valence-electron chi connectivity index (χ2n) is 11.4. The van der Waals surface area contributed by atoms with Gasteiger partial charge < -0.3 is 9.64 Å². The zero-order valence-corrected chi connectivity index (χ0v) is 30.6. The Morgan fingerprint density at radius 3 is 1.94 bits per heavy atom. The van der Waals surface area contributed by atoms with E-state index in [0.717, 1.165) is 36.3 Å². The van der Waals surface area contributed by atoms with Gasteiger partial charge in [0.1, 0.15) is 23.4 Å². The van der Waals surface area contributed by atoms with E-state index in [2.05, 4.69) is 10.9 Å². The summed E-state index contributed by atoms with van der Waals surface area (Å²) in [7, 11) is -1.34. The van der Waals surface area contributed by atoms with Crippen molar-refractivity contribution in [2.75, 3.05) is 24.1 Å². The molecule has 0 aromatic heterocycles. The summed E-state index contributed by atoms with van der Waals surface area (Å²) in [5.74, 6) is -0.727. The minimum atomic E-state index is -1.34. The minimum absolute atomic E-state index is 0.0265. The fourth-order valence-electron chi connectivity index (χ4n) is 5.02. The van der Waals surface area contributed by atoms with Crippen LogP contribution < -0.4 is 15.2 Å². The lowest BCUT2D eigenvalue weighted by Crippen LogP contribution is -2.54. The zero-order valence-electron chi connectivity index (χ0n) is 28.2. The van der Waals surface area contributed by atoms with Gasteiger partial charge in [-0.3, -0.25) is 29.5 Å². The third kappa shape index (κ3) is 13.0. The maximum Gasteiger partial charge on any atom is 0.249 e. The van der Waals surface area contributed by atoms with E-state index < -0.39 is 16.8 Å². The van der Waals surface area contributed by atoms with Crippen LogP contribution in [0.3, 0.4) is 0 Å². The summed E-state index contributed by atoms with van der Waals surface area (Å²) in [6, 6.07) is 23.0. The lowest BCUT2D eigenvalue weighted by molar-refractivity contribution is -0.152. The van der Waals surface area contributed by atoms with Crippen LogP contribution in [0.5, 0.6) is 0 Å². The van der Waals surface area contributed by atoms with Gasteiger partial charge in [0.2, 0.25) is 17.7 Å². The molecule has 0 spiro atoms. The Morgan fingerprint density at radius 2 is 1.45 bits per heavy atom. The van der Waals surface area contributed by atoms with Gasteiger partial charge in [0.25, 0.3) is 0 Å². The van der Waals surface area contributed by atoms with E-state index in [0.29, 0.717) is 29.8 Å². The second-order valence-corrected chi connectivity index (χ2v) is 14.0. The van der Waals surface area contributed by atoms with Crippen LogP contribution in [0.4, 0.5) is 10.1 Å². The summed E-state index contributed by atoms with van der Waals surface area (Å²) in [6.07, 6.45) is 3.78. The van der Waals surface area contributed by atoms with Crippen molar-refractivity contribution in [2.24, 2.45) is 5.92 Å². The van der Waals surface area contributed by atoms with Crippen LogP contribution in [0.1, 0.15) is 65.0 Å². The Kier molecular flexibility index (Phi) is 16.5. The number of anilines is 1. The molecule has 2 aliphatic carbocycles. The van der Waals surface area contributed by atoms with Crippen molar-refractivity contribution < 1.29 is 27.7 Å². The second kappa shape index (κ2) is 20.2. The van der Waals surface area contributed by atoms with Gasteiger partial charge in [0.05, 0.1) is 36.2 Å². The summed E-state index contributed by atoms with van der Waals surface area (Å²) in [4.78, 5) is 35.1. The number of morpholine rings is 1. The van der Waals surface area contributed by atoms with Crippen molar-refractivity contribution in [1.29, 1.82) is 0 Å². The molecule has 3 aliphatic rings. The first-order chi connectivity index (χ1) is 23.5. The SMILES string of the molecule is CC.CC(=O)NNC(C)=O.Clc1ccccc1.O=C1COCC(c2ccc(Cl)cc2)N1C(CN(c1ccccc1F)S(=O)C1CC1)C1CC1. The van der Waals surface area contributed by atoms with Crippen LogP contribution in [-0.4, -0.2) is 57.9 Å². The number of hydrogen-bond donors (Lipinski definition) is 2. The Morgan fingerprint density at radius 1 is 0.898 bits per heavy atom. The molecule has 1 aliphatic heterocycles. The molecule has 3 aromatic carbocycles. The molecule has 3 unspecified atom stereocenters. The topological polar surface area (TPSA) is 108 Å². The van der Waals surface area contributed by atoms with Crippen LogP contribution in [-0.2, 0) is 30.1 Å². The van der Waals surface area contributed by atoms with E-state index >= 15 is 0 Å². The lowest BCUT2D eigenvalue weighted by Gasteiger charge is -2.43. The van der Waals surface area contributed by atoms with E-state index in [9.17, 15) is 23.0 Å². The Balaban J connectivity index is 0.000000316. The van der Waals surface area contributed by atoms with Gasteiger partial charge in [-0.15, -0.1) is 0 Å². The molecular weight excluding hydrogens is 690 g/mol. The number of para-hydroxylation sites is 1. The first kappa shape index (κ1) is 39.9. The Labute approximate surface area is 301 Å². The maximum absolute atomic E-state index is 14.8. The van der Waals surface area contributed by atoms with Gasteiger partial charge in [-0.1, -0.05) is 79.5 Å². The third-order valence-corrected chi connectivity index (χ3v) is 9.88. The highest BCUT2D eigenvalue weighted by atomic mass is 35.5. The summed E-state index contributed by atoms with van der Waals surface area (Å²) < 4.78 is 35.4. The molecule has 3 aromatic rings. The number of hydrogen-bond acceptors (Lipinski definition) is 5. The number of carbonyl (C=O) groups is 3. The molecule has 49 heavy (non-hydrogen) atoms. The zero-order chi connectivity index (χ0) is 35.9. The van der Waals surface area contributed by atoms with Crippen molar-refractivity contribution in [1.82, 2.24) is 15.8 Å². The van der Waals surface area contributed by atoms with Crippen molar-refractivity contribution in [3.63, 3.8) is 0 Å². The average molecular weight is 736 g/mol. The number of carbonyl (C=O) groups excluding carboxylic acids is 3. The van der Waals surface area contributed by atoms with Crippen LogP contribution in [0.25, 0.3) is 0 Å². The maximum atomic E-state index is 14.8. The smallest absolute Gasteiger partial charge is 0.249 e.